The lowest BCUT2D eigenvalue weighted by Crippen LogP contribution is -2.44. The van der Waals surface area contributed by atoms with E-state index in [-0.39, 0.29) is 34.6 Å². The van der Waals surface area contributed by atoms with Crippen LogP contribution in [0.3, 0.4) is 0 Å². The highest BCUT2D eigenvalue weighted by molar-refractivity contribution is 7.11. The van der Waals surface area contributed by atoms with E-state index in [4.69, 9.17) is 11.6 Å². The van der Waals surface area contributed by atoms with Gasteiger partial charge in [0.1, 0.15) is 6.54 Å². The Hall–Kier alpha value is -3.23. The van der Waals surface area contributed by atoms with Gasteiger partial charge in [-0.05, 0) is 36.6 Å². The normalized spacial score (nSPS) is 11.7. The minimum atomic E-state index is -0.561. The molecular weight excluding hydrogens is 498 g/mol. The van der Waals surface area contributed by atoms with Crippen LogP contribution in [0.4, 0.5) is 5.69 Å². The van der Waals surface area contributed by atoms with Crippen LogP contribution in [-0.2, 0) is 17.9 Å². The number of nitro benzene ring substituents is 1. The van der Waals surface area contributed by atoms with Gasteiger partial charge in [-0.1, -0.05) is 62.2 Å². The smallest absolute Gasteiger partial charge is 0.270 e. The van der Waals surface area contributed by atoms with Crippen molar-refractivity contribution in [2.45, 2.75) is 40.3 Å². The Labute approximate surface area is 220 Å². The van der Waals surface area contributed by atoms with Gasteiger partial charge in [-0.15, -0.1) is 11.3 Å². The molecule has 0 aliphatic carbocycles. The van der Waals surface area contributed by atoms with Crippen molar-refractivity contribution in [2.75, 3.05) is 13.1 Å². The maximum atomic E-state index is 13.6. The molecule has 2 aromatic carbocycles. The third-order valence-electron chi connectivity index (χ3n) is 5.95. The molecule has 1 atom stereocenters. The number of carbonyl (C=O) groups excluding carboxylic acids is 2. The van der Waals surface area contributed by atoms with Crippen LogP contribution in [0.1, 0.15) is 45.9 Å². The van der Waals surface area contributed by atoms with Gasteiger partial charge in [0.2, 0.25) is 5.91 Å². The number of amides is 2. The number of non-ortho nitro benzene ring substituents is 1. The second-order valence-corrected chi connectivity index (χ2v) is 10.6. The van der Waals surface area contributed by atoms with Gasteiger partial charge in [-0.3, -0.25) is 19.7 Å². The van der Waals surface area contributed by atoms with Gasteiger partial charge in [0.25, 0.3) is 11.6 Å². The molecule has 0 radical (unpaired) electrons. The summed E-state index contributed by atoms with van der Waals surface area (Å²) in [6.07, 6.45) is 0.828. The first kappa shape index (κ1) is 27.4. The summed E-state index contributed by atoms with van der Waals surface area (Å²) in [4.78, 5) is 43.1. The summed E-state index contributed by atoms with van der Waals surface area (Å²) in [5.41, 5.74) is 0.945. The van der Waals surface area contributed by atoms with Crippen molar-refractivity contribution in [3.8, 4) is 0 Å². The molecule has 0 saturated carbocycles. The topological polar surface area (TPSA) is 83.8 Å². The second kappa shape index (κ2) is 12.6. The van der Waals surface area contributed by atoms with Crippen LogP contribution in [0, 0.1) is 23.0 Å². The molecule has 0 aliphatic rings. The molecule has 0 N–H and O–H groups in total. The number of benzene rings is 2. The molecule has 190 valence electrons. The Balaban J connectivity index is 1.87. The Morgan fingerprint density at radius 3 is 2.36 bits per heavy atom. The van der Waals surface area contributed by atoms with E-state index in [9.17, 15) is 19.7 Å². The van der Waals surface area contributed by atoms with Crippen LogP contribution in [-0.4, -0.2) is 39.6 Å². The van der Waals surface area contributed by atoms with Crippen molar-refractivity contribution in [1.29, 1.82) is 0 Å². The molecule has 7 nitrogen and oxygen atoms in total. The number of carbonyl (C=O) groups is 2. The number of thiophene rings is 1. The van der Waals surface area contributed by atoms with Gasteiger partial charge in [0.15, 0.2) is 0 Å². The number of nitro groups is 1. The molecule has 2 amide bonds. The maximum absolute atomic E-state index is 13.6. The Morgan fingerprint density at radius 2 is 1.78 bits per heavy atom. The van der Waals surface area contributed by atoms with Gasteiger partial charge >= 0.3 is 0 Å². The molecule has 36 heavy (non-hydrogen) atoms. The largest absolute Gasteiger partial charge is 0.332 e. The summed E-state index contributed by atoms with van der Waals surface area (Å²) >= 11 is 7.89. The van der Waals surface area contributed by atoms with E-state index >= 15 is 0 Å². The fourth-order valence-electron chi connectivity index (χ4n) is 3.74. The average Bonchev–Trinajstić information content (AvgIpc) is 3.27. The van der Waals surface area contributed by atoms with E-state index in [0.29, 0.717) is 19.6 Å². The summed E-state index contributed by atoms with van der Waals surface area (Å²) in [5.74, 6) is -0.448. The fourth-order valence-corrected chi connectivity index (χ4v) is 4.91. The van der Waals surface area contributed by atoms with E-state index in [1.165, 1.54) is 28.0 Å². The molecule has 1 aromatic heterocycles. The molecule has 0 saturated heterocycles. The van der Waals surface area contributed by atoms with Gasteiger partial charge in [-0.2, -0.15) is 0 Å². The first-order valence-corrected chi connectivity index (χ1v) is 13.0. The van der Waals surface area contributed by atoms with Crippen molar-refractivity contribution in [3.63, 3.8) is 0 Å². The highest BCUT2D eigenvalue weighted by Gasteiger charge is 2.26. The summed E-state index contributed by atoms with van der Waals surface area (Å²) in [5, 5.41) is 11.1. The third-order valence-corrected chi connectivity index (χ3v) is 7.25. The Bertz CT molecular complexity index is 1210. The SMILES string of the molecule is CCC(C)CN(CC(=O)N(Cc1ccccc1)Cc1ccc(C)s1)C(=O)c1ccc([N+](=O)[O-])cc1Cl. The molecule has 0 aliphatic heterocycles. The first-order chi connectivity index (χ1) is 17.2. The number of halogens is 1. The molecule has 0 fully saturated rings. The number of nitrogens with zero attached hydrogens (tertiary/aromatic N) is 3. The minimum Gasteiger partial charge on any atom is -0.332 e. The highest BCUT2D eigenvalue weighted by Crippen LogP contribution is 2.25. The molecule has 1 unspecified atom stereocenters. The number of hydrogen-bond acceptors (Lipinski definition) is 5. The van der Waals surface area contributed by atoms with Crippen molar-refractivity contribution in [1.82, 2.24) is 9.80 Å². The van der Waals surface area contributed by atoms with Gasteiger partial charge < -0.3 is 9.80 Å². The van der Waals surface area contributed by atoms with Crippen molar-refractivity contribution >= 4 is 40.4 Å². The summed E-state index contributed by atoms with van der Waals surface area (Å²) in [6, 6.07) is 17.6. The monoisotopic (exact) mass is 527 g/mol. The van der Waals surface area contributed by atoms with Crippen LogP contribution >= 0.6 is 22.9 Å². The predicted molar refractivity (Wildman–Crippen MR) is 143 cm³/mol. The maximum Gasteiger partial charge on any atom is 0.270 e. The minimum absolute atomic E-state index is 0.00833. The molecule has 9 heteroatoms. The van der Waals surface area contributed by atoms with E-state index in [2.05, 4.69) is 0 Å². The lowest BCUT2D eigenvalue weighted by atomic mass is 10.1. The van der Waals surface area contributed by atoms with E-state index in [0.717, 1.165) is 16.9 Å². The van der Waals surface area contributed by atoms with Crippen molar-refractivity contribution in [3.05, 3.63) is 96.7 Å². The Kier molecular flexibility index (Phi) is 9.61. The zero-order chi connectivity index (χ0) is 26.2. The standard InChI is InChI=1S/C27H30ClN3O4S/c1-4-19(2)15-30(27(33)24-13-11-22(31(34)35)14-25(24)28)18-26(32)29(16-21-8-6-5-7-9-21)17-23-12-10-20(3)36-23/h5-14,19H,4,15-18H2,1-3H3. The van der Waals surface area contributed by atoms with Crippen LogP contribution in [0.5, 0.6) is 0 Å². The third kappa shape index (κ3) is 7.38. The van der Waals surface area contributed by atoms with Gasteiger partial charge in [-0.25, -0.2) is 0 Å². The number of rotatable bonds is 11. The fraction of sp³-hybridized carbons (Fsp3) is 0.333. The summed E-state index contributed by atoms with van der Waals surface area (Å²) in [6.45, 7) is 7.17. The van der Waals surface area contributed by atoms with Gasteiger partial charge in [0, 0.05) is 35.0 Å². The predicted octanol–water partition coefficient (Wildman–Crippen LogP) is 6.34. The molecule has 0 spiro atoms. The lowest BCUT2D eigenvalue weighted by Gasteiger charge is -2.29. The molecule has 3 rings (SSSR count). The van der Waals surface area contributed by atoms with E-state index in [1.54, 1.807) is 16.2 Å². The number of hydrogen-bond donors (Lipinski definition) is 0. The molecule has 3 aromatic rings. The first-order valence-electron chi connectivity index (χ1n) is 11.8. The average molecular weight is 528 g/mol. The van der Waals surface area contributed by atoms with Crippen molar-refractivity contribution < 1.29 is 14.5 Å². The highest BCUT2D eigenvalue weighted by atomic mass is 35.5. The van der Waals surface area contributed by atoms with Crippen molar-refractivity contribution in [2.24, 2.45) is 5.92 Å². The molecular formula is C27H30ClN3O4S. The van der Waals surface area contributed by atoms with E-state index in [1.807, 2.05) is 63.2 Å². The van der Waals surface area contributed by atoms with Crippen LogP contribution in [0.2, 0.25) is 5.02 Å². The summed E-state index contributed by atoms with van der Waals surface area (Å²) in [7, 11) is 0. The molecule has 1 heterocycles. The quantitative estimate of drug-likeness (QED) is 0.215. The van der Waals surface area contributed by atoms with E-state index < -0.39 is 10.8 Å². The van der Waals surface area contributed by atoms with Crippen LogP contribution in [0.25, 0.3) is 0 Å². The van der Waals surface area contributed by atoms with Crippen LogP contribution < -0.4 is 0 Å². The summed E-state index contributed by atoms with van der Waals surface area (Å²) < 4.78 is 0. The Morgan fingerprint density at radius 1 is 1.06 bits per heavy atom. The molecule has 0 bridgehead atoms. The lowest BCUT2D eigenvalue weighted by molar-refractivity contribution is -0.384. The van der Waals surface area contributed by atoms with Crippen LogP contribution in [0.15, 0.2) is 60.7 Å². The zero-order valence-corrected chi connectivity index (χ0v) is 22.2. The zero-order valence-electron chi connectivity index (χ0n) is 20.6. The van der Waals surface area contributed by atoms with Gasteiger partial charge in [0.05, 0.1) is 22.1 Å². The number of aryl methyl sites for hydroxylation is 1. The second-order valence-electron chi connectivity index (χ2n) is 8.87.